The third-order valence-corrected chi connectivity index (χ3v) is 5.09. The summed E-state index contributed by atoms with van der Waals surface area (Å²) in [7, 11) is 0. The Morgan fingerprint density at radius 1 is 1.42 bits per heavy atom. The van der Waals surface area contributed by atoms with E-state index in [0.29, 0.717) is 12.6 Å². The summed E-state index contributed by atoms with van der Waals surface area (Å²) in [6.45, 7) is 2.94. The average Bonchev–Trinajstić information content (AvgIpc) is 3.12. The molecule has 7 nitrogen and oxygen atoms in total. The van der Waals surface area contributed by atoms with Gasteiger partial charge in [0.2, 0.25) is 5.91 Å². The number of nitrogens with one attached hydrogen (secondary N) is 1. The molecule has 134 valence electrons. The molecule has 8 heteroatoms. The zero-order chi connectivity index (χ0) is 17.9. The molecule has 0 bridgehead atoms. The summed E-state index contributed by atoms with van der Waals surface area (Å²) in [6, 6.07) is 4.35. The maximum atomic E-state index is 11.8. The van der Waals surface area contributed by atoms with Crippen LogP contribution in [-0.4, -0.2) is 31.5 Å². The number of rotatable bonds is 7. The molecule has 3 heterocycles. The van der Waals surface area contributed by atoms with Crippen molar-refractivity contribution in [2.75, 3.05) is 10.2 Å². The number of carbonyl (C=O) groups excluding carboxylic acids is 1. The molecule has 0 aliphatic heterocycles. The lowest BCUT2D eigenvalue weighted by atomic mass is 10.3. The standard InChI is InChI=1S/C18H20N6OS/c1-13(25)24(16-3-4-16)18-22-15(11-26-18)9-21-17-5-2-14(8-20-17)10-23-7-6-19-12-23/h2,5-8,11-12,16H,3-4,9-10H2,1H3,(H,20,21). The van der Waals surface area contributed by atoms with E-state index in [9.17, 15) is 4.79 Å². The minimum Gasteiger partial charge on any atom is -0.364 e. The first-order valence-electron chi connectivity index (χ1n) is 8.58. The summed E-state index contributed by atoms with van der Waals surface area (Å²) < 4.78 is 2.00. The van der Waals surface area contributed by atoms with Crippen LogP contribution >= 0.6 is 11.3 Å². The predicted octanol–water partition coefficient (Wildman–Crippen LogP) is 2.91. The predicted molar refractivity (Wildman–Crippen MR) is 101 cm³/mol. The summed E-state index contributed by atoms with van der Waals surface area (Å²) in [5, 5.41) is 6.07. The van der Waals surface area contributed by atoms with Crippen LogP contribution in [0.3, 0.4) is 0 Å². The van der Waals surface area contributed by atoms with E-state index in [1.165, 1.54) is 11.3 Å². The van der Waals surface area contributed by atoms with Gasteiger partial charge < -0.3 is 9.88 Å². The zero-order valence-corrected chi connectivity index (χ0v) is 15.3. The average molecular weight is 368 g/mol. The minimum atomic E-state index is 0.0662. The molecule has 1 N–H and O–H groups in total. The third kappa shape index (κ3) is 3.91. The SMILES string of the molecule is CC(=O)N(c1nc(CNc2ccc(Cn3ccnc3)cn2)cs1)C1CC1. The summed E-state index contributed by atoms with van der Waals surface area (Å²) in [5.74, 6) is 0.871. The van der Waals surface area contributed by atoms with Gasteiger partial charge >= 0.3 is 0 Å². The molecule has 4 rings (SSSR count). The van der Waals surface area contributed by atoms with Gasteiger partial charge in [-0.05, 0) is 24.5 Å². The zero-order valence-electron chi connectivity index (χ0n) is 14.5. The van der Waals surface area contributed by atoms with E-state index in [2.05, 4.69) is 20.3 Å². The van der Waals surface area contributed by atoms with Crippen LogP contribution in [0.15, 0.2) is 42.4 Å². The van der Waals surface area contributed by atoms with Crippen molar-refractivity contribution in [1.82, 2.24) is 19.5 Å². The van der Waals surface area contributed by atoms with Crippen molar-refractivity contribution in [3.8, 4) is 0 Å². The molecule has 1 fully saturated rings. The highest BCUT2D eigenvalue weighted by atomic mass is 32.1. The molecule has 0 saturated heterocycles. The van der Waals surface area contributed by atoms with E-state index in [1.54, 1.807) is 19.4 Å². The van der Waals surface area contributed by atoms with Crippen LogP contribution in [0.1, 0.15) is 31.0 Å². The minimum absolute atomic E-state index is 0.0662. The number of aromatic nitrogens is 4. The van der Waals surface area contributed by atoms with Gasteiger partial charge in [0, 0.05) is 43.5 Å². The molecular weight excluding hydrogens is 348 g/mol. The van der Waals surface area contributed by atoms with Gasteiger partial charge in [0.05, 0.1) is 18.6 Å². The van der Waals surface area contributed by atoms with Gasteiger partial charge in [-0.3, -0.25) is 9.69 Å². The molecule has 0 spiro atoms. The first-order chi connectivity index (χ1) is 12.7. The second-order valence-corrected chi connectivity index (χ2v) is 7.22. The van der Waals surface area contributed by atoms with Crippen LogP contribution in [0, 0.1) is 0 Å². The van der Waals surface area contributed by atoms with Crippen molar-refractivity contribution in [3.63, 3.8) is 0 Å². The second-order valence-electron chi connectivity index (χ2n) is 6.38. The largest absolute Gasteiger partial charge is 0.364 e. The van der Waals surface area contributed by atoms with Crippen LogP contribution < -0.4 is 10.2 Å². The van der Waals surface area contributed by atoms with E-state index in [1.807, 2.05) is 39.4 Å². The highest BCUT2D eigenvalue weighted by molar-refractivity contribution is 7.14. The molecule has 0 atom stereocenters. The highest BCUT2D eigenvalue weighted by Gasteiger charge is 2.33. The number of amides is 1. The highest BCUT2D eigenvalue weighted by Crippen LogP contribution is 2.33. The van der Waals surface area contributed by atoms with E-state index in [-0.39, 0.29) is 5.91 Å². The fourth-order valence-corrected chi connectivity index (χ4v) is 3.70. The van der Waals surface area contributed by atoms with Crippen molar-refractivity contribution in [2.45, 2.75) is 38.9 Å². The first kappa shape index (κ1) is 16.7. The molecule has 26 heavy (non-hydrogen) atoms. The fourth-order valence-electron chi connectivity index (χ4n) is 2.76. The Morgan fingerprint density at radius 3 is 2.96 bits per heavy atom. The van der Waals surface area contributed by atoms with E-state index in [4.69, 9.17) is 0 Å². The van der Waals surface area contributed by atoms with Crippen molar-refractivity contribution >= 4 is 28.2 Å². The smallest absolute Gasteiger partial charge is 0.225 e. The Bertz CT molecular complexity index is 869. The van der Waals surface area contributed by atoms with Gasteiger partial charge in [-0.25, -0.2) is 15.0 Å². The normalized spacial score (nSPS) is 13.6. The quantitative estimate of drug-likeness (QED) is 0.694. The Labute approximate surface area is 155 Å². The lowest BCUT2D eigenvalue weighted by molar-refractivity contribution is -0.116. The van der Waals surface area contributed by atoms with Crippen LogP contribution in [-0.2, 0) is 17.9 Å². The summed E-state index contributed by atoms with van der Waals surface area (Å²) in [4.78, 5) is 26.7. The van der Waals surface area contributed by atoms with Crippen LogP contribution in [0.25, 0.3) is 0 Å². The van der Waals surface area contributed by atoms with Crippen molar-refractivity contribution in [1.29, 1.82) is 0 Å². The number of thiazole rings is 1. The maximum absolute atomic E-state index is 11.8. The number of carbonyl (C=O) groups is 1. The molecule has 0 radical (unpaired) electrons. The van der Waals surface area contributed by atoms with Crippen molar-refractivity contribution in [2.24, 2.45) is 0 Å². The van der Waals surface area contributed by atoms with Crippen molar-refractivity contribution < 1.29 is 4.79 Å². The fraction of sp³-hybridized carbons (Fsp3) is 0.333. The number of hydrogen-bond donors (Lipinski definition) is 1. The Balaban J connectivity index is 1.34. The lowest BCUT2D eigenvalue weighted by Crippen LogP contribution is -2.30. The lowest BCUT2D eigenvalue weighted by Gasteiger charge is -2.16. The first-order valence-corrected chi connectivity index (χ1v) is 9.46. The number of pyridine rings is 1. The Hall–Kier alpha value is -2.74. The third-order valence-electron chi connectivity index (χ3n) is 4.20. The topological polar surface area (TPSA) is 75.9 Å². The van der Waals surface area contributed by atoms with E-state index >= 15 is 0 Å². The molecule has 1 aliphatic rings. The molecule has 3 aromatic rings. The van der Waals surface area contributed by atoms with Crippen LogP contribution in [0.2, 0.25) is 0 Å². The number of imidazole rings is 1. The number of anilines is 2. The van der Waals surface area contributed by atoms with Crippen LogP contribution in [0.4, 0.5) is 10.9 Å². The van der Waals surface area contributed by atoms with Gasteiger partial charge in [-0.2, -0.15) is 0 Å². The molecule has 1 amide bonds. The summed E-state index contributed by atoms with van der Waals surface area (Å²) >= 11 is 1.52. The Morgan fingerprint density at radius 2 is 2.31 bits per heavy atom. The van der Waals surface area contributed by atoms with E-state index < -0.39 is 0 Å². The molecule has 0 unspecified atom stereocenters. The summed E-state index contributed by atoms with van der Waals surface area (Å²) in [6.07, 6.45) is 9.49. The maximum Gasteiger partial charge on any atom is 0.225 e. The van der Waals surface area contributed by atoms with Crippen molar-refractivity contribution in [3.05, 3.63) is 53.7 Å². The Kier molecular flexibility index (Phi) is 4.66. The molecule has 0 aromatic carbocycles. The number of hydrogen-bond acceptors (Lipinski definition) is 6. The second kappa shape index (κ2) is 7.25. The number of nitrogens with zero attached hydrogens (tertiary/aromatic N) is 5. The molecular formula is C18H20N6OS. The van der Waals surface area contributed by atoms with Gasteiger partial charge in [0.15, 0.2) is 5.13 Å². The van der Waals surface area contributed by atoms with E-state index in [0.717, 1.165) is 41.6 Å². The summed E-state index contributed by atoms with van der Waals surface area (Å²) in [5.41, 5.74) is 2.03. The van der Waals surface area contributed by atoms with Gasteiger partial charge in [-0.15, -0.1) is 11.3 Å². The molecule has 1 saturated carbocycles. The monoisotopic (exact) mass is 368 g/mol. The van der Waals surface area contributed by atoms with Gasteiger partial charge in [-0.1, -0.05) is 6.07 Å². The van der Waals surface area contributed by atoms with Gasteiger partial charge in [0.1, 0.15) is 5.82 Å². The van der Waals surface area contributed by atoms with Gasteiger partial charge in [0.25, 0.3) is 0 Å². The molecule has 1 aliphatic carbocycles. The molecule has 3 aromatic heterocycles. The van der Waals surface area contributed by atoms with Crippen LogP contribution in [0.5, 0.6) is 0 Å².